The SMILES string of the molecule is CCC(C)N1C(=O)C2C(CCC(=O)O)NC3(C(=O)Nc4c(Cl)cccc43)C2C1=O. The van der Waals surface area contributed by atoms with Crippen molar-refractivity contribution in [1.82, 2.24) is 10.2 Å². The number of imide groups is 1. The number of nitrogens with one attached hydrogen (secondary N) is 2. The number of aliphatic carboxylic acids is 1. The van der Waals surface area contributed by atoms with E-state index in [-0.39, 0.29) is 24.8 Å². The first-order chi connectivity index (χ1) is 13.7. The Hall–Kier alpha value is -2.45. The maximum Gasteiger partial charge on any atom is 0.303 e. The summed E-state index contributed by atoms with van der Waals surface area (Å²) in [4.78, 5) is 52.3. The summed E-state index contributed by atoms with van der Waals surface area (Å²) in [5.74, 6) is -3.94. The maximum atomic E-state index is 13.4. The van der Waals surface area contributed by atoms with Crippen molar-refractivity contribution in [3.8, 4) is 0 Å². The Bertz CT molecular complexity index is 935. The standard InChI is InChI=1S/C20H22ClN3O5/c1-3-9(2)24-17(27)14-12(7-8-13(25)26)23-20(15(14)18(24)28)10-5-4-6-11(21)16(10)22-19(20)29/h4-6,9,12,14-15,23H,3,7-8H2,1-2H3,(H,22,29)(H,25,26). The monoisotopic (exact) mass is 419 g/mol. The van der Waals surface area contributed by atoms with Crippen LogP contribution in [0.5, 0.6) is 0 Å². The number of carboxylic acids is 1. The molecule has 3 aliphatic rings. The summed E-state index contributed by atoms with van der Waals surface area (Å²) in [6, 6.07) is 4.13. The van der Waals surface area contributed by atoms with Gasteiger partial charge in [0.25, 0.3) is 0 Å². The van der Waals surface area contributed by atoms with Gasteiger partial charge in [-0.2, -0.15) is 0 Å². The summed E-state index contributed by atoms with van der Waals surface area (Å²) >= 11 is 6.26. The average Bonchev–Trinajstić information content (AvgIpc) is 3.26. The van der Waals surface area contributed by atoms with Crippen LogP contribution in [-0.2, 0) is 24.7 Å². The predicted molar refractivity (Wildman–Crippen MR) is 104 cm³/mol. The van der Waals surface area contributed by atoms with Gasteiger partial charge in [-0.25, -0.2) is 0 Å². The highest BCUT2D eigenvalue weighted by Gasteiger charge is 2.70. The van der Waals surface area contributed by atoms with Crippen molar-refractivity contribution >= 4 is 41.0 Å². The molecule has 3 aliphatic heterocycles. The highest BCUT2D eigenvalue weighted by molar-refractivity contribution is 6.35. The summed E-state index contributed by atoms with van der Waals surface area (Å²) < 4.78 is 0. The van der Waals surface area contributed by atoms with Crippen LogP contribution in [0, 0.1) is 11.8 Å². The van der Waals surface area contributed by atoms with E-state index in [0.717, 1.165) is 0 Å². The van der Waals surface area contributed by atoms with Gasteiger partial charge in [0.2, 0.25) is 17.7 Å². The van der Waals surface area contributed by atoms with Crippen LogP contribution in [0.1, 0.15) is 38.7 Å². The van der Waals surface area contributed by atoms with E-state index in [9.17, 15) is 19.2 Å². The van der Waals surface area contributed by atoms with Crippen molar-refractivity contribution in [3.05, 3.63) is 28.8 Å². The summed E-state index contributed by atoms with van der Waals surface area (Å²) in [6.45, 7) is 3.68. The molecule has 0 bridgehead atoms. The number of halogens is 1. The molecule has 0 radical (unpaired) electrons. The van der Waals surface area contributed by atoms with Crippen molar-refractivity contribution in [3.63, 3.8) is 0 Å². The third-order valence-electron chi connectivity index (χ3n) is 6.43. The second kappa shape index (κ2) is 6.81. The number of likely N-dealkylation sites (tertiary alicyclic amines) is 1. The van der Waals surface area contributed by atoms with Gasteiger partial charge in [-0.05, 0) is 25.8 Å². The number of amides is 3. The molecule has 0 aromatic heterocycles. The lowest BCUT2D eigenvalue weighted by molar-refractivity contribution is -0.145. The summed E-state index contributed by atoms with van der Waals surface area (Å²) in [7, 11) is 0. The Morgan fingerprint density at radius 3 is 2.69 bits per heavy atom. The zero-order valence-corrected chi connectivity index (χ0v) is 16.8. The molecule has 1 spiro atoms. The largest absolute Gasteiger partial charge is 0.481 e. The van der Waals surface area contributed by atoms with E-state index in [1.807, 2.05) is 6.92 Å². The van der Waals surface area contributed by atoms with Crippen molar-refractivity contribution < 1.29 is 24.3 Å². The third-order valence-corrected chi connectivity index (χ3v) is 6.75. The highest BCUT2D eigenvalue weighted by Crippen LogP contribution is 2.54. The van der Waals surface area contributed by atoms with Crippen molar-refractivity contribution in [2.45, 2.75) is 50.7 Å². The Morgan fingerprint density at radius 1 is 1.31 bits per heavy atom. The molecule has 8 nitrogen and oxygen atoms in total. The molecule has 1 aromatic rings. The molecular weight excluding hydrogens is 398 g/mol. The molecule has 2 fully saturated rings. The van der Waals surface area contributed by atoms with Crippen LogP contribution in [0.4, 0.5) is 5.69 Å². The fourth-order valence-corrected chi connectivity index (χ4v) is 5.18. The van der Waals surface area contributed by atoms with Crippen molar-refractivity contribution in [1.29, 1.82) is 0 Å². The smallest absolute Gasteiger partial charge is 0.303 e. The fourth-order valence-electron chi connectivity index (χ4n) is 4.96. The van der Waals surface area contributed by atoms with E-state index in [4.69, 9.17) is 16.7 Å². The number of nitrogens with zero attached hydrogens (tertiary/aromatic N) is 1. The van der Waals surface area contributed by atoms with Gasteiger partial charge in [-0.15, -0.1) is 0 Å². The molecule has 0 saturated carbocycles. The number of carbonyl (C=O) groups is 4. The van der Waals surface area contributed by atoms with Gasteiger partial charge in [0.1, 0.15) is 5.54 Å². The highest BCUT2D eigenvalue weighted by atomic mass is 35.5. The molecule has 5 atom stereocenters. The number of carboxylic acid groups (broad SMARTS) is 1. The van der Waals surface area contributed by atoms with E-state index in [1.54, 1.807) is 25.1 Å². The maximum absolute atomic E-state index is 13.4. The first-order valence-electron chi connectivity index (χ1n) is 9.70. The summed E-state index contributed by atoms with van der Waals surface area (Å²) in [5.41, 5.74) is -0.496. The van der Waals surface area contributed by atoms with Gasteiger partial charge in [0.05, 0.1) is 22.5 Å². The van der Waals surface area contributed by atoms with E-state index in [0.29, 0.717) is 22.7 Å². The number of anilines is 1. The molecule has 2 saturated heterocycles. The van der Waals surface area contributed by atoms with Gasteiger partial charge in [-0.1, -0.05) is 30.7 Å². The zero-order valence-electron chi connectivity index (χ0n) is 16.1. The van der Waals surface area contributed by atoms with Crippen LogP contribution in [0.25, 0.3) is 0 Å². The molecule has 4 rings (SSSR count). The lowest BCUT2D eigenvalue weighted by Crippen LogP contribution is -2.54. The minimum atomic E-state index is -1.44. The Balaban J connectivity index is 1.86. The molecular formula is C20H22ClN3O5. The predicted octanol–water partition coefficient (Wildman–Crippen LogP) is 1.72. The Morgan fingerprint density at radius 2 is 2.03 bits per heavy atom. The number of hydrogen-bond acceptors (Lipinski definition) is 5. The summed E-state index contributed by atoms with van der Waals surface area (Å²) in [5, 5.41) is 15.4. The number of carbonyl (C=O) groups excluding carboxylic acids is 3. The number of rotatable bonds is 5. The van der Waals surface area contributed by atoms with Crippen LogP contribution in [0.2, 0.25) is 5.02 Å². The quantitative estimate of drug-likeness (QED) is 0.626. The van der Waals surface area contributed by atoms with E-state index >= 15 is 0 Å². The van der Waals surface area contributed by atoms with Crippen LogP contribution in [-0.4, -0.2) is 45.8 Å². The third kappa shape index (κ3) is 2.62. The van der Waals surface area contributed by atoms with Crippen LogP contribution >= 0.6 is 11.6 Å². The minimum absolute atomic E-state index is 0.134. The number of para-hydroxylation sites is 1. The molecule has 3 amide bonds. The Labute approximate surface area is 172 Å². The summed E-state index contributed by atoms with van der Waals surface area (Å²) in [6.07, 6.45) is 0.548. The lowest BCUT2D eigenvalue weighted by Gasteiger charge is -2.31. The van der Waals surface area contributed by atoms with Crippen LogP contribution in [0.3, 0.4) is 0 Å². The van der Waals surface area contributed by atoms with E-state index in [2.05, 4.69) is 10.6 Å². The molecule has 9 heteroatoms. The Kier molecular flexibility index (Phi) is 4.66. The normalized spacial score (nSPS) is 31.2. The molecule has 3 heterocycles. The zero-order chi connectivity index (χ0) is 21.1. The molecule has 29 heavy (non-hydrogen) atoms. The molecule has 154 valence electrons. The molecule has 3 N–H and O–H groups in total. The topological polar surface area (TPSA) is 116 Å². The number of hydrogen-bond donors (Lipinski definition) is 3. The average molecular weight is 420 g/mol. The van der Waals surface area contributed by atoms with Crippen LogP contribution in [0.15, 0.2) is 18.2 Å². The van der Waals surface area contributed by atoms with Gasteiger partial charge >= 0.3 is 5.97 Å². The first-order valence-corrected chi connectivity index (χ1v) is 10.1. The van der Waals surface area contributed by atoms with Gasteiger partial charge in [0.15, 0.2) is 0 Å². The molecule has 0 aliphatic carbocycles. The fraction of sp³-hybridized carbons (Fsp3) is 0.500. The number of benzene rings is 1. The second-order valence-electron chi connectivity index (χ2n) is 7.91. The van der Waals surface area contributed by atoms with Gasteiger partial charge in [-0.3, -0.25) is 29.4 Å². The van der Waals surface area contributed by atoms with Crippen LogP contribution < -0.4 is 10.6 Å². The van der Waals surface area contributed by atoms with E-state index < -0.39 is 41.2 Å². The van der Waals surface area contributed by atoms with Crippen molar-refractivity contribution in [2.75, 3.05) is 5.32 Å². The molecule has 1 aromatic carbocycles. The minimum Gasteiger partial charge on any atom is -0.481 e. The van der Waals surface area contributed by atoms with Crippen molar-refractivity contribution in [2.24, 2.45) is 11.8 Å². The van der Waals surface area contributed by atoms with Gasteiger partial charge in [0, 0.05) is 24.1 Å². The van der Waals surface area contributed by atoms with Gasteiger partial charge < -0.3 is 10.4 Å². The number of fused-ring (bicyclic) bond motifs is 4. The first kappa shape index (κ1) is 19.8. The second-order valence-corrected chi connectivity index (χ2v) is 8.32. The van der Waals surface area contributed by atoms with E-state index in [1.165, 1.54) is 4.90 Å². The molecule has 5 unspecified atom stereocenters. The lowest BCUT2D eigenvalue weighted by atomic mass is 9.76.